The Balaban J connectivity index is 1.75. The van der Waals surface area contributed by atoms with Crippen molar-refractivity contribution in [1.29, 1.82) is 0 Å². The molecule has 0 amide bonds. The number of pyridine rings is 1. The lowest BCUT2D eigenvalue weighted by Crippen LogP contribution is -2.13. The van der Waals surface area contributed by atoms with Crippen molar-refractivity contribution in [3.63, 3.8) is 0 Å². The molecule has 0 aliphatic heterocycles. The Hall–Kier alpha value is -2.40. The molecule has 4 nitrogen and oxygen atoms in total. The molecule has 1 heterocycles. The average Bonchev–Trinajstić information content (AvgIpc) is 2.66. The van der Waals surface area contributed by atoms with Crippen LogP contribution in [0, 0.1) is 0 Å². The Morgan fingerprint density at radius 3 is 2.46 bits per heavy atom. The number of hydrogen-bond acceptors (Lipinski definition) is 3. The van der Waals surface area contributed by atoms with E-state index in [1.807, 2.05) is 36.4 Å². The third-order valence-electron chi connectivity index (χ3n) is 4.43. The summed E-state index contributed by atoms with van der Waals surface area (Å²) in [5.41, 5.74) is 2.31. The molecule has 1 aromatic heterocycles. The summed E-state index contributed by atoms with van der Waals surface area (Å²) in [5.74, 6) is 0. The number of fused-ring (bicyclic) bond motifs is 1. The van der Waals surface area contributed by atoms with Crippen molar-refractivity contribution < 1.29 is 8.42 Å². The van der Waals surface area contributed by atoms with E-state index in [9.17, 15) is 8.42 Å². The predicted octanol–water partition coefficient (Wildman–Crippen LogP) is 5.16. The van der Waals surface area contributed by atoms with Gasteiger partial charge >= 0.3 is 0 Å². The van der Waals surface area contributed by atoms with E-state index in [0.717, 1.165) is 18.2 Å². The van der Waals surface area contributed by atoms with Crippen LogP contribution in [0.5, 0.6) is 0 Å². The average molecular weight is 369 g/mol. The van der Waals surface area contributed by atoms with Gasteiger partial charge in [0.05, 0.1) is 16.1 Å². The highest BCUT2D eigenvalue weighted by molar-refractivity contribution is 7.92. The quantitative estimate of drug-likeness (QED) is 0.559. The minimum Gasteiger partial charge on any atom is -0.277 e. The van der Waals surface area contributed by atoms with E-state index >= 15 is 0 Å². The molecule has 0 atom stereocenters. The molecule has 0 fully saturated rings. The zero-order valence-electron chi connectivity index (χ0n) is 15.0. The smallest absolute Gasteiger partial charge is 0.261 e. The van der Waals surface area contributed by atoms with Crippen molar-refractivity contribution in [2.45, 2.75) is 43.9 Å². The van der Waals surface area contributed by atoms with Crippen LogP contribution in [0.3, 0.4) is 0 Å². The van der Waals surface area contributed by atoms with Gasteiger partial charge in [0, 0.05) is 11.6 Å². The summed E-state index contributed by atoms with van der Waals surface area (Å²) < 4.78 is 28.1. The fourth-order valence-electron chi connectivity index (χ4n) is 2.98. The number of aromatic nitrogens is 1. The number of benzene rings is 2. The number of sulfonamides is 1. The first-order valence-electron chi connectivity index (χ1n) is 9.05. The van der Waals surface area contributed by atoms with Gasteiger partial charge in [-0.05, 0) is 42.7 Å². The molecule has 0 aliphatic rings. The van der Waals surface area contributed by atoms with Gasteiger partial charge < -0.3 is 0 Å². The molecule has 0 bridgehead atoms. The molecule has 0 radical (unpaired) electrons. The number of unbranched alkanes of at least 4 members (excludes halogenated alkanes) is 3. The van der Waals surface area contributed by atoms with E-state index in [1.165, 1.54) is 24.8 Å². The molecule has 5 heteroatoms. The summed E-state index contributed by atoms with van der Waals surface area (Å²) in [5, 5.41) is 0.898. The van der Waals surface area contributed by atoms with Crippen LogP contribution in [-0.2, 0) is 16.4 Å². The van der Waals surface area contributed by atoms with Crippen LogP contribution in [-0.4, -0.2) is 13.4 Å². The highest BCUT2D eigenvalue weighted by Crippen LogP contribution is 2.24. The molecule has 2 aromatic carbocycles. The van der Waals surface area contributed by atoms with E-state index in [1.54, 1.807) is 24.4 Å². The Kier molecular flexibility index (Phi) is 5.89. The van der Waals surface area contributed by atoms with E-state index in [2.05, 4.69) is 16.6 Å². The number of rotatable bonds is 8. The zero-order chi connectivity index (χ0) is 18.4. The molecule has 136 valence electrons. The molecule has 0 spiro atoms. The van der Waals surface area contributed by atoms with Gasteiger partial charge in [0.2, 0.25) is 0 Å². The van der Waals surface area contributed by atoms with Crippen LogP contribution in [0.2, 0.25) is 0 Å². The Morgan fingerprint density at radius 2 is 1.69 bits per heavy atom. The second-order valence-corrected chi connectivity index (χ2v) is 8.12. The zero-order valence-corrected chi connectivity index (χ0v) is 15.8. The highest BCUT2D eigenvalue weighted by atomic mass is 32.2. The Labute approximate surface area is 155 Å². The van der Waals surface area contributed by atoms with Crippen LogP contribution in [0.1, 0.15) is 38.2 Å². The fraction of sp³-hybridized carbons (Fsp3) is 0.286. The van der Waals surface area contributed by atoms with Crippen LogP contribution < -0.4 is 4.72 Å². The molecular weight excluding hydrogens is 344 g/mol. The Bertz CT molecular complexity index is 961. The number of nitrogens with one attached hydrogen (secondary N) is 1. The van der Waals surface area contributed by atoms with Gasteiger partial charge in [0.15, 0.2) is 0 Å². The summed E-state index contributed by atoms with van der Waals surface area (Å²) in [6.45, 7) is 2.19. The summed E-state index contributed by atoms with van der Waals surface area (Å²) in [7, 11) is -3.64. The van der Waals surface area contributed by atoms with Crippen LogP contribution in [0.15, 0.2) is 65.7 Å². The third-order valence-corrected chi connectivity index (χ3v) is 5.81. The first-order chi connectivity index (χ1) is 12.6. The molecule has 1 N–H and O–H groups in total. The van der Waals surface area contributed by atoms with Crippen molar-refractivity contribution in [3.8, 4) is 0 Å². The molecular formula is C21H24N2O2S. The molecule has 0 saturated heterocycles. The van der Waals surface area contributed by atoms with Gasteiger partial charge in [0.25, 0.3) is 10.0 Å². The van der Waals surface area contributed by atoms with E-state index < -0.39 is 10.0 Å². The summed E-state index contributed by atoms with van der Waals surface area (Å²) in [4.78, 5) is 4.56. The minimum absolute atomic E-state index is 0.266. The number of aryl methyl sites for hydroxylation is 1. The van der Waals surface area contributed by atoms with Crippen molar-refractivity contribution in [2.24, 2.45) is 0 Å². The monoisotopic (exact) mass is 368 g/mol. The molecule has 26 heavy (non-hydrogen) atoms. The van der Waals surface area contributed by atoms with E-state index in [-0.39, 0.29) is 4.90 Å². The van der Waals surface area contributed by atoms with Gasteiger partial charge in [-0.25, -0.2) is 8.42 Å². The number of nitrogens with zero attached hydrogens (tertiary/aromatic N) is 1. The third kappa shape index (κ3) is 4.41. The van der Waals surface area contributed by atoms with Gasteiger partial charge in [0.1, 0.15) is 0 Å². The van der Waals surface area contributed by atoms with Crippen LogP contribution in [0.25, 0.3) is 10.9 Å². The minimum atomic E-state index is -3.64. The highest BCUT2D eigenvalue weighted by Gasteiger charge is 2.15. The fourth-order valence-corrected chi connectivity index (χ4v) is 4.05. The maximum atomic E-state index is 12.7. The maximum absolute atomic E-state index is 12.7. The Morgan fingerprint density at radius 1 is 0.923 bits per heavy atom. The predicted molar refractivity (Wildman–Crippen MR) is 107 cm³/mol. The molecule has 3 rings (SSSR count). The van der Waals surface area contributed by atoms with Crippen molar-refractivity contribution in [1.82, 2.24) is 4.98 Å². The lowest BCUT2D eigenvalue weighted by molar-refractivity contribution is 0.601. The first kappa shape index (κ1) is 18.4. The standard InChI is InChI=1S/C21H24N2O2S/c1-2-3-4-5-8-17-12-14-19(15-13-17)26(24,25)23-20-11-6-9-18-10-7-16-22-21(18)20/h6-7,9-16,23H,2-5,8H2,1H3. The second-order valence-electron chi connectivity index (χ2n) is 6.44. The topological polar surface area (TPSA) is 59.1 Å². The number of hydrogen-bond donors (Lipinski definition) is 1. The molecule has 3 aromatic rings. The van der Waals surface area contributed by atoms with E-state index in [0.29, 0.717) is 11.2 Å². The number of para-hydroxylation sites is 1. The SMILES string of the molecule is CCCCCCc1ccc(S(=O)(=O)Nc2cccc3cccnc23)cc1. The van der Waals surface area contributed by atoms with E-state index in [4.69, 9.17) is 0 Å². The first-order valence-corrected chi connectivity index (χ1v) is 10.5. The second kappa shape index (κ2) is 8.32. The summed E-state index contributed by atoms with van der Waals surface area (Å²) in [6.07, 6.45) is 7.46. The lowest BCUT2D eigenvalue weighted by Gasteiger charge is -2.10. The van der Waals surface area contributed by atoms with Gasteiger partial charge in [-0.1, -0.05) is 56.5 Å². The van der Waals surface area contributed by atoms with Crippen molar-refractivity contribution >= 4 is 26.6 Å². The molecule has 0 aliphatic carbocycles. The summed E-state index contributed by atoms with van der Waals surface area (Å²) in [6, 6.07) is 16.4. The van der Waals surface area contributed by atoms with Crippen molar-refractivity contribution in [3.05, 3.63) is 66.4 Å². The maximum Gasteiger partial charge on any atom is 0.261 e. The van der Waals surface area contributed by atoms with Crippen LogP contribution >= 0.6 is 0 Å². The van der Waals surface area contributed by atoms with Crippen LogP contribution in [0.4, 0.5) is 5.69 Å². The summed E-state index contributed by atoms with van der Waals surface area (Å²) >= 11 is 0. The van der Waals surface area contributed by atoms with Gasteiger partial charge in [-0.2, -0.15) is 0 Å². The number of anilines is 1. The normalized spacial score (nSPS) is 11.6. The van der Waals surface area contributed by atoms with Gasteiger partial charge in [-0.15, -0.1) is 0 Å². The van der Waals surface area contributed by atoms with Gasteiger partial charge in [-0.3, -0.25) is 9.71 Å². The largest absolute Gasteiger partial charge is 0.277 e. The van der Waals surface area contributed by atoms with Crippen molar-refractivity contribution in [2.75, 3.05) is 4.72 Å². The molecule has 0 unspecified atom stereocenters. The molecule has 0 saturated carbocycles. The lowest BCUT2D eigenvalue weighted by atomic mass is 10.1.